The monoisotopic (exact) mass is 357 g/mol. The fourth-order valence-electron chi connectivity index (χ4n) is 2.74. The maximum Gasteiger partial charge on any atom is 0.252 e. The third kappa shape index (κ3) is 3.56. The van der Waals surface area contributed by atoms with E-state index in [-0.39, 0.29) is 17.9 Å². The van der Waals surface area contributed by atoms with Crippen LogP contribution in [0.4, 0.5) is 0 Å². The van der Waals surface area contributed by atoms with Crippen molar-refractivity contribution in [1.29, 1.82) is 0 Å². The largest absolute Gasteiger partial charge is 0.351 e. The molecule has 0 saturated heterocycles. The summed E-state index contributed by atoms with van der Waals surface area (Å²) in [5.74, 6) is 0.0818. The predicted molar refractivity (Wildman–Crippen MR) is 100 cm³/mol. The normalized spacial score (nSPS) is 12.7. The van der Waals surface area contributed by atoms with Crippen molar-refractivity contribution in [3.63, 3.8) is 0 Å². The second-order valence-corrected chi connectivity index (χ2v) is 7.92. The van der Waals surface area contributed by atoms with Gasteiger partial charge in [-0.05, 0) is 33.8 Å². The molecule has 0 spiro atoms. The molecule has 0 radical (unpaired) electrons. The summed E-state index contributed by atoms with van der Waals surface area (Å²) >= 11 is 1.67. The number of pyridine rings is 1. The molecule has 6 nitrogen and oxygen atoms in total. The number of thiazole rings is 1. The number of carbonyl (C=O) groups excluding carboxylic acids is 1. The van der Waals surface area contributed by atoms with Crippen LogP contribution in [0.15, 0.2) is 18.5 Å². The number of aromatic nitrogens is 4. The summed E-state index contributed by atoms with van der Waals surface area (Å²) in [7, 11) is 0. The number of fused-ring (bicyclic) bond motifs is 1. The second-order valence-electron chi connectivity index (χ2n) is 6.65. The van der Waals surface area contributed by atoms with Crippen LogP contribution in [0.3, 0.4) is 0 Å². The average molecular weight is 357 g/mol. The minimum Gasteiger partial charge on any atom is -0.351 e. The zero-order chi connectivity index (χ0) is 18.1. The number of hydrogen-bond donors (Lipinski definition) is 1. The van der Waals surface area contributed by atoms with Crippen LogP contribution in [0, 0.1) is 13.8 Å². The molecular formula is C18H23N5OS. The van der Waals surface area contributed by atoms with Crippen LogP contribution in [0.5, 0.6) is 0 Å². The van der Waals surface area contributed by atoms with Gasteiger partial charge >= 0.3 is 0 Å². The minimum atomic E-state index is -0.0982. The van der Waals surface area contributed by atoms with Crippen molar-refractivity contribution in [3.05, 3.63) is 39.6 Å². The molecule has 3 rings (SSSR count). The molecule has 132 valence electrons. The Morgan fingerprint density at radius 2 is 2.04 bits per heavy atom. The number of nitrogens with one attached hydrogen (secondary N) is 1. The summed E-state index contributed by atoms with van der Waals surface area (Å²) in [6, 6.07) is 2.01. The van der Waals surface area contributed by atoms with Crippen molar-refractivity contribution in [3.8, 4) is 0 Å². The summed E-state index contributed by atoms with van der Waals surface area (Å²) in [6.07, 6.45) is 3.60. The highest BCUT2D eigenvalue weighted by Gasteiger charge is 2.18. The van der Waals surface area contributed by atoms with Gasteiger partial charge in [-0.15, -0.1) is 11.3 Å². The zero-order valence-electron chi connectivity index (χ0n) is 15.2. The number of rotatable bonds is 5. The molecule has 1 atom stereocenters. The molecule has 0 aliphatic rings. The molecule has 1 N–H and O–H groups in total. The Hall–Kier alpha value is -2.28. The van der Waals surface area contributed by atoms with E-state index >= 15 is 0 Å². The lowest BCUT2D eigenvalue weighted by Crippen LogP contribution is -2.27. The smallest absolute Gasteiger partial charge is 0.252 e. The van der Waals surface area contributed by atoms with Crippen LogP contribution in [-0.2, 0) is 0 Å². The highest BCUT2D eigenvalue weighted by Crippen LogP contribution is 2.22. The third-order valence-corrected chi connectivity index (χ3v) is 5.20. The Morgan fingerprint density at radius 3 is 2.68 bits per heavy atom. The van der Waals surface area contributed by atoms with Gasteiger partial charge < -0.3 is 5.32 Å². The Balaban J connectivity index is 1.82. The van der Waals surface area contributed by atoms with E-state index in [0.717, 1.165) is 21.7 Å². The lowest BCUT2D eigenvalue weighted by molar-refractivity contribution is 0.0953. The number of carbonyl (C=O) groups is 1. The zero-order valence-corrected chi connectivity index (χ0v) is 16.0. The SMILES string of the molecule is Cc1cc(C(=O)NC[C@@H](C)c2ncc(C)s2)c2cnn(C(C)C)c2n1. The van der Waals surface area contributed by atoms with Crippen LogP contribution in [0.25, 0.3) is 11.0 Å². The Morgan fingerprint density at radius 1 is 1.28 bits per heavy atom. The molecule has 0 aliphatic heterocycles. The molecule has 1 amide bonds. The third-order valence-electron chi connectivity index (χ3n) is 4.06. The minimum absolute atomic E-state index is 0.0982. The van der Waals surface area contributed by atoms with Gasteiger partial charge in [-0.1, -0.05) is 6.92 Å². The first-order valence-electron chi connectivity index (χ1n) is 8.42. The van der Waals surface area contributed by atoms with Crippen molar-refractivity contribution in [2.75, 3.05) is 6.54 Å². The van der Waals surface area contributed by atoms with E-state index in [9.17, 15) is 4.79 Å². The molecule has 7 heteroatoms. The van der Waals surface area contributed by atoms with Crippen molar-refractivity contribution >= 4 is 28.3 Å². The first-order valence-corrected chi connectivity index (χ1v) is 9.24. The van der Waals surface area contributed by atoms with E-state index in [4.69, 9.17) is 0 Å². The van der Waals surface area contributed by atoms with Gasteiger partial charge in [0.1, 0.15) is 0 Å². The van der Waals surface area contributed by atoms with Gasteiger partial charge in [0.25, 0.3) is 5.91 Å². The van der Waals surface area contributed by atoms with Gasteiger partial charge in [0.15, 0.2) is 5.65 Å². The molecule has 3 aromatic rings. The predicted octanol–water partition coefficient (Wildman–Crippen LogP) is 3.62. The highest BCUT2D eigenvalue weighted by molar-refractivity contribution is 7.11. The van der Waals surface area contributed by atoms with Gasteiger partial charge in [-0.3, -0.25) is 4.79 Å². The Labute approximate surface area is 151 Å². The topological polar surface area (TPSA) is 72.7 Å². The summed E-state index contributed by atoms with van der Waals surface area (Å²) in [5.41, 5.74) is 2.18. The number of nitrogens with zero attached hydrogens (tertiary/aromatic N) is 4. The number of hydrogen-bond acceptors (Lipinski definition) is 5. The number of aryl methyl sites for hydroxylation is 2. The van der Waals surface area contributed by atoms with E-state index in [0.29, 0.717) is 12.1 Å². The van der Waals surface area contributed by atoms with Crippen LogP contribution in [-0.4, -0.2) is 32.2 Å². The first kappa shape index (κ1) is 17.5. The molecule has 0 unspecified atom stereocenters. The standard InChI is InChI=1S/C18H23N5OS/c1-10(2)23-16-15(9-21-23)14(6-12(4)22-16)17(24)19-7-11(3)18-20-8-13(5)25-18/h6,8-11H,7H2,1-5H3,(H,19,24)/t11-/m1/s1. The lowest BCUT2D eigenvalue weighted by atomic mass is 10.1. The van der Waals surface area contributed by atoms with Gasteiger partial charge in [-0.25, -0.2) is 14.6 Å². The van der Waals surface area contributed by atoms with Crippen molar-refractivity contribution in [1.82, 2.24) is 25.1 Å². The van der Waals surface area contributed by atoms with E-state index in [1.54, 1.807) is 17.5 Å². The lowest BCUT2D eigenvalue weighted by Gasteiger charge is -2.12. The van der Waals surface area contributed by atoms with Gasteiger partial charge in [0, 0.05) is 35.3 Å². The first-order chi connectivity index (χ1) is 11.9. The van der Waals surface area contributed by atoms with Crippen molar-refractivity contribution in [2.45, 2.75) is 46.6 Å². The van der Waals surface area contributed by atoms with E-state index < -0.39 is 0 Å². The van der Waals surface area contributed by atoms with Crippen LogP contribution >= 0.6 is 11.3 Å². The van der Waals surface area contributed by atoms with E-state index in [1.807, 2.05) is 44.6 Å². The molecule has 0 saturated carbocycles. The molecule has 0 aliphatic carbocycles. The molecule has 0 aromatic carbocycles. The second kappa shape index (κ2) is 6.92. The summed E-state index contributed by atoms with van der Waals surface area (Å²) in [6.45, 7) is 10.7. The maximum absolute atomic E-state index is 12.7. The van der Waals surface area contributed by atoms with E-state index in [1.165, 1.54) is 4.88 Å². The fourth-order valence-corrected chi connectivity index (χ4v) is 3.56. The quantitative estimate of drug-likeness (QED) is 0.757. The van der Waals surface area contributed by atoms with Crippen LogP contribution in [0.2, 0.25) is 0 Å². The molecule has 3 aromatic heterocycles. The molecule has 3 heterocycles. The van der Waals surface area contributed by atoms with E-state index in [2.05, 4.69) is 27.3 Å². The summed E-state index contributed by atoms with van der Waals surface area (Å²) < 4.78 is 1.85. The fraction of sp³-hybridized carbons (Fsp3) is 0.444. The molecule has 0 bridgehead atoms. The van der Waals surface area contributed by atoms with Gasteiger partial charge in [0.2, 0.25) is 0 Å². The van der Waals surface area contributed by atoms with Crippen LogP contribution in [0.1, 0.15) is 58.7 Å². The van der Waals surface area contributed by atoms with Crippen molar-refractivity contribution < 1.29 is 4.79 Å². The summed E-state index contributed by atoms with van der Waals surface area (Å²) in [5, 5.41) is 9.25. The van der Waals surface area contributed by atoms with Gasteiger partial charge in [0.05, 0.1) is 22.2 Å². The number of amides is 1. The molecule has 0 fully saturated rings. The maximum atomic E-state index is 12.7. The average Bonchev–Trinajstić information content (AvgIpc) is 3.17. The highest BCUT2D eigenvalue weighted by atomic mass is 32.1. The molecule has 25 heavy (non-hydrogen) atoms. The Kier molecular flexibility index (Phi) is 4.85. The van der Waals surface area contributed by atoms with Gasteiger partial charge in [-0.2, -0.15) is 5.10 Å². The molecular weight excluding hydrogens is 334 g/mol. The summed E-state index contributed by atoms with van der Waals surface area (Å²) in [4.78, 5) is 22.9. The van der Waals surface area contributed by atoms with Crippen LogP contribution < -0.4 is 5.32 Å². The Bertz CT molecular complexity index is 911. The van der Waals surface area contributed by atoms with Crippen molar-refractivity contribution in [2.24, 2.45) is 0 Å².